The molecule has 0 bridgehead atoms. The Morgan fingerprint density at radius 3 is 2.67 bits per heavy atom. The van der Waals surface area contributed by atoms with Crippen molar-refractivity contribution in [1.82, 2.24) is 4.90 Å². The summed E-state index contributed by atoms with van der Waals surface area (Å²) in [4.78, 5) is 13.3. The fourth-order valence-electron chi connectivity index (χ4n) is 1.63. The number of rotatable bonds is 5. The van der Waals surface area contributed by atoms with Crippen molar-refractivity contribution in [3.05, 3.63) is 29.6 Å². The van der Waals surface area contributed by atoms with Gasteiger partial charge in [0.1, 0.15) is 5.38 Å². The third kappa shape index (κ3) is 3.60. The van der Waals surface area contributed by atoms with Crippen LogP contribution >= 0.6 is 11.6 Å². The molecule has 1 rings (SSSR count). The van der Waals surface area contributed by atoms with Crippen molar-refractivity contribution in [2.75, 3.05) is 13.7 Å². The average Bonchev–Trinajstić information content (AvgIpc) is 2.35. The lowest BCUT2D eigenvalue weighted by atomic mass is 10.2. The molecule has 3 nitrogen and oxygen atoms in total. The summed E-state index contributed by atoms with van der Waals surface area (Å²) >= 11 is 5.76. The fraction of sp³-hybridized carbons (Fsp3) is 0.462. The summed E-state index contributed by atoms with van der Waals surface area (Å²) in [6.45, 7) is 4.36. The molecule has 1 unspecified atom stereocenters. The number of ether oxygens (including phenoxy) is 1. The maximum absolute atomic E-state index is 13.5. The molecule has 0 aliphatic heterocycles. The number of methoxy groups -OCH3 is 1. The zero-order valence-corrected chi connectivity index (χ0v) is 11.5. The Morgan fingerprint density at radius 1 is 1.56 bits per heavy atom. The van der Waals surface area contributed by atoms with Crippen molar-refractivity contribution in [2.45, 2.75) is 25.8 Å². The SMILES string of the molecule is CCN(Cc1ccc(OC)c(F)c1)C(=O)C(C)Cl. The quantitative estimate of drug-likeness (QED) is 0.772. The summed E-state index contributed by atoms with van der Waals surface area (Å²) < 4.78 is 18.4. The third-order valence-electron chi connectivity index (χ3n) is 2.62. The molecule has 0 aromatic heterocycles. The van der Waals surface area contributed by atoms with Gasteiger partial charge in [-0.1, -0.05) is 6.07 Å². The van der Waals surface area contributed by atoms with Crippen molar-refractivity contribution in [3.8, 4) is 5.75 Å². The van der Waals surface area contributed by atoms with Gasteiger partial charge in [-0.05, 0) is 31.5 Å². The zero-order chi connectivity index (χ0) is 13.7. The summed E-state index contributed by atoms with van der Waals surface area (Å²) in [7, 11) is 1.41. The lowest BCUT2D eigenvalue weighted by Gasteiger charge is -2.22. The number of nitrogens with zero attached hydrogens (tertiary/aromatic N) is 1. The molecule has 0 N–H and O–H groups in total. The van der Waals surface area contributed by atoms with Gasteiger partial charge in [-0.15, -0.1) is 11.6 Å². The van der Waals surface area contributed by atoms with Crippen LogP contribution in [0.15, 0.2) is 18.2 Å². The Morgan fingerprint density at radius 2 is 2.22 bits per heavy atom. The zero-order valence-electron chi connectivity index (χ0n) is 10.7. The standard InChI is InChI=1S/C13H17ClFNO2/c1-4-16(13(17)9(2)14)8-10-5-6-12(18-3)11(15)7-10/h5-7,9H,4,8H2,1-3H3. The lowest BCUT2D eigenvalue weighted by Crippen LogP contribution is -2.35. The molecule has 0 heterocycles. The van der Waals surface area contributed by atoms with E-state index in [1.165, 1.54) is 13.2 Å². The number of amides is 1. The summed E-state index contributed by atoms with van der Waals surface area (Å²) in [5.41, 5.74) is 0.709. The maximum atomic E-state index is 13.5. The average molecular weight is 274 g/mol. The molecule has 5 heteroatoms. The van der Waals surface area contributed by atoms with E-state index in [4.69, 9.17) is 16.3 Å². The molecule has 0 aliphatic carbocycles. The van der Waals surface area contributed by atoms with Crippen LogP contribution < -0.4 is 4.74 Å². The largest absolute Gasteiger partial charge is 0.494 e. The van der Waals surface area contributed by atoms with Crippen LogP contribution in [0, 0.1) is 5.82 Å². The fourth-order valence-corrected chi connectivity index (χ4v) is 1.76. The van der Waals surface area contributed by atoms with Crippen molar-refractivity contribution in [1.29, 1.82) is 0 Å². The molecule has 1 aromatic carbocycles. The second-order valence-corrected chi connectivity index (χ2v) is 4.59. The van der Waals surface area contributed by atoms with Crippen molar-refractivity contribution in [2.24, 2.45) is 0 Å². The van der Waals surface area contributed by atoms with Crippen LogP contribution in [0.2, 0.25) is 0 Å². The number of alkyl halides is 1. The molecular weight excluding hydrogens is 257 g/mol. The van der Waals surface area contributed by atoms with Gasteiger partial charge in [-0.3, -0.25) is 4.79 Å². The highest BCUT2D eigenvalue weighted by molar-refractivity contribution is 6.30. The van der Waals surface area contributed by atoms with Gasteiger partial charge in [0.2, 0.25) is 5.91 Å². The Bertz CT molecular complexity index is 423. The smallest absolute Gasteiger partial charge is 0.240 e. The van der Waals surface area contributed by atoms with E-state index in [0.29, 0.717) is 18.7 Å². The van der Waals surface area contributed by atoms with Crippen LogP contribution in [0.3, 0.4) is 0 Å². The van der Waals surface area contributed by atoms with E-state index in [1.54, 1.807) is 24.0 Å². The molecular formula is C13H17ClFNO2. The first-order valence-electron chi connectivity index (χ1n) is 5.74. The summed E-state index contributed by atoms with van der Waals surface area (Å²) in [5, 5.41) is -0.576. The Kier molecular flexibility index (Phi) is 5.41. The van der Waals surface area contributed by atoms with Crippen LogP contribution in [-0.4, -0.2) is 29.8 Å². The van der Waals surface area contributed by atoms with E-state index in [-0.39, 0.29) is 11.7 Å². The van der Waals surface area contributed by atoms with E-state index in [0.717, 1.165) is 0 Å². The van der Waals surface area contributed by atoms with Gasteiger partial charge in [0.15, 0.2) is 11.6 Å². The van der Waals surface area contributed by atoms with Crippen LogP contribution in [0.1, 0.15) is 19.4 Å². The minimum absolute atomic E-state index is 0.157. The Hall–Kier alpha value is -1.29. The van der Waals surface area contributed by atoms with Crippen LogP contribution in [-0.2, 0) is 11.3 Å². The Balaban J connectivity index is 2.82. The Labute approximate surface area is 111 Å². The van der Waals surface area contributed by atoms with E-state index < -0.39 is 11.2 Å². The van der Waals surface area contributed by atoms with E-state index >= 15 is 0 Å². The molecule has 0 spiro atoms. The highest BCUT2D eigenvalue weighted by Crippen LogP contribution is 2.19. The number of benzene rings is 1. The van der Waals surface area contributed by atoms with Crippen LogP contribution in [0.5, 0.6) is 5.75 Å². The maximum Gasteiger partial charge on any atom is 0.240 e. The molecule has 0 fully saturated rings. The monoisotopic (exact) mass is 273 g/mol. The van der Waals surface area contributed by atoms with Crippen molar-refractivity contribution >= 4 is 17.5 Å². The summed E-state index contributed by atoms with van der Waals surface area (Å²) in [6.07, 6.45) is 0. The van der Waals surface area contributed by atoms with Gasteiger partial charge in [-0.2, -0.15) is 0 Å². The number of halogens is 2. The predicted octanol–water partition coefficient (Wildman–Crippen LogP) is 2.81. The first-order valence-corrected chi connectivity index (χ1v) is 6.18. The van der Waals surface area contributed by atoms with Gasteiger partial charge in [-0.25, -0.2) is 4.39 Å². The molecule has 100 valence electrons. The topological polar surface area (TPSA) is 29.5 Å². The second kappa shape index (κ2) is 6.59. The highest BCUT2D eigenvalue weighted by atomic mass is 35.5. The molecule has 1 amide bonds. The number of carbonyl (C=O) groups excluding carboxylic acids is 1. The molecule has 1 aromatic rings. The van der Waals surface area contributed by atoms with Crippen molar-refractivity contribution in [3.63, 3.8) is 0 Å². The number of hydrogen-bond acceptors (Lipinski definition) is 2. The van der Waals surface area contributed by atoms with E-state index in [1.807, 2.05) is 6.92 Å². The van der Waals surface area contributed by atoms with Gasteiger partial charge in [0, 0.05) is 13.1 Å². The summed E-state index contributed by atoms with van der Waals surface area (Å²) in [6, 6.07) is 4.65. The minimum Gasteiger partial charge on any atom is -0.494 e. The van der Waals surface area contributed by atoms with Crippen LogP contribution in [0.4, 0.5) is 4.39 Å². The molecule has 0 radical (unpaired) electrons. The number of carbonyl (C=O) groups is 1. The second-order valence-electron chi connectivity index (χ2n) is 3.94. The van der Waals surface area contributed by atoms with Crippen LogP contribution in [0.25, 0.3) is 0 Å². The normalized spacial score (nSPS) is 12.1. The third-order valence-corrected chi connectivity index (χ3v) is 2.81. The lowest BCUT2D eigenvalue weighted by molar-refractivity contribution is -0.130. The number of hydrogen-bond donors (Lipinski definition) is 0. The molecule has 1 atom stereocenters. The molecule has 0 saturated heterocycles. The van der Waals surface area contributed by atoms with Crippen molar-refractivity contribution < 1.29 is 13.9 Å². The van der Waals surface area contributed by atoms with E-state index in [9.17, 15) is 9.18 Å². The van der Waals surface area contributed by atoms with E-state index in [2.05, 4.69) is 0 Å². The molecule has 0 saturated carbocycles. The van der Waals surface area contributed by atoms with Gasteiger partial charge >= 0.3 is 0 Å². The van der Waals surface area contributed by atoms with Gasteiger partial charge in [0.05, 0.1) is 7.11 Å². The molecule has 18 heavy (non-hydrogen) atoms. The molecule has 0 aliphatic rings. The van der Waals surface area contributed by atoms with Gasteiger partial charge < -0.3 is 9.64 Å². The first-order chi connectivity index (χ1) is 8.49. The minimum atomic E-state index is -0.576. The highest BCUT2D eigenvalue weighted by Gasteiger charge is 2.17. The predicted molar refractivity (Wildman–Crippen MR) is 69.4 cm³/mol. The van der Waals surface area contributed by atoms with Gasteiger partial charge in [0.25, 0.3) is 0 Å². The summed E-state index contributed by atoms with van der Waals surface area (Å²) in [5.74, 6) is -0.397. The first kappa shape index (κ1) is 14.8.